The van der Waals surface area contributed by atoms with Crippen LogP contribution in [0.15, 0.2) is 40.7 Å². The van der Waals surface area contributed by atoms with Gasteiger partial charge in [0.05, 0.1) is 5.02 Å². The predicted molar refractivity (Wildman–Crippen MR) is 93.7 cm³/mol. The molecule has 0 spiro atoms. The summed E-state index contributed by atoms with van der Waals surface area (Å²) in [6.07, 6.45) is 3.84. The Kier molecular flexibility index (Phi) is 5.21. The molecule has 1 aliphatic heterocycles. The van der Waals surface area contributed by atoms with E-state index in [0.29, 0.717) is 6.54 Å². The highest BCUT2D eigenvalue weighted by Crippen LogP contribution is 2.25. The van der Waals surface area contributed by atoms with Crippen molar-refractivity contribution in [2.75, 3.05) is 24.5 Å². The summed E-state index contributed by atoms with van der Waals surface area (Å²) in [5.41, 5.74) is 0. The van der Waals surface area contributed by atoms with Crippen LogP contribution in [0.5, 0.6) is 0 Å². The first-order valence-electron chi connectivity index (χ1n) is 7.45. The number of piperidine rings is 1. The van der Waals surface area contributed by atoms with E-state index < -0.39 is 10.0 Å². The second-order valence-electron chi connectivity index (χ2n) is 5.55. The molecular formula is C15H18ClN3O2S2. The third-order valence-corrected chi connectivity index (χ3v) is 6.65. The zero-order chi connectivity index (χ0) is 16.3. The summed E-state index contributed by atoms with van der Waals surface area (Å²) < 4.78 is 27.5. The van der Waals surface area contributed by atoms with Gasteiger partial charge in [-0.15, -0.1) is 11.3 Å². The summed E-state index contributed by atoms with van der Waals surface area (Å²) in [7, 11) is -3.58. The van der Waals surface area contributed by atoms with Crippen LogP contribution >= 0.6 is 22.9 Å². The van der Waals surface area contributed by atoms with Crippen LogP contribution in [0.25, 0.3) is 0 Å². The van der Waals surface area contributed by atoms with Gasteiger partial charge in [-0.25, -0.2) is 18.1 Å². The SMILES string of the molecule is O=S(=O)(NCC1CCCN(c2nccs2)C1)c1ccccc1Cl. The summed E-state index contributed by atoms with van der Waals surface area (Å²) in [4.78, 5) is 6.69. The van der Waals surface area contributed by atoms with E-state index in [2.05, 4.69) is 14.6 Å². The van der Waals surface area contributed by atoms with Crippen molar-refractivity contribution in [2.45, 2.75) is 17.7 Å². The Morgan fingerprint density at radius 1 is 1.39 bits per heavy atom. The van der Waals surface area contributed by atoms with Gasteiger partial charge in [-0.3, -0.25) is 0 Å². The van der Waals surface area contributed by atoms with E-state index in [1.54, 1.807) is 35.7 Å². The van der Waals surface area contributed by atoms with Crippen LogP contribution in [0.2, 0.25) is 5.02 Å². The number of nitrogens with one attached hydrogen (secondary N) is 1. The molecule has 2 heterocycles. The first-order chi connectivity index (χ1) is 11.1. The molecule has 124 valence electrons. The maximum Gasteiger partial charge on any atom is 0.242 e. The molecule has 2 aromatic rings. The normalized spacial score (nSPS) is 19.0. The van der Waals surface area contributed by atoms with Crippen molar-refractivity contribution in [3.8, 4) is 0 Å². The highest BCUT2D eigenvalue weighted by Gasteiger charge is 2.24. The lowest BCUT2D eigenvalue weighted by atomic mass is 9.99. The lowest BCUT2D eigenvalue weighted by Gasteiger charge is -2.32. The van der Waals surface area contributed by atoms with Gasteiger partial charge < -0.3 is 4.90 Å². The van der Waals surface area contributed by atoms with Gasteiger partial charge in [0.2, 0.25) is 10.0 Å². The van der Waals surface area contributed by atoms with Gasteiger partial charge in [-0.2, -0.15) is 0 Å². The largest absolute Gasteiger partial charge is 0.348 e. The molecule has 0 amide bonds. The summed E-state index contributed by atoms with van der Waals surface area (Å²) in [6, 6.07) is 6.49. The van der Waals surface area contributed by atoms with Crippen molar-refractivity contribution in [1.82, 2.24) is 9.71 Å². The van der Waals surface area contributed by atoms with Crippen LogP contribution in [0.3, 0.4) is 0 Å². The standard InChI is InChI=1S/C15H18ClN3O2S2/c16-13-5-1-2-6-14(13)23(20,21)18-10-12-4-3-8-19(11-12)15-17-7-9-22-15/h1-2,5-7,9,12,18H,3-4,8,10-11H2. The molecule has 1 N–H and O–H groups in total. The first kappa shape index (κ1) is 16.7. The number of benzene rings is 1. The Hall–Kier alpha value is -1.15. The average Bonchev–Trinajstić information content (AvgIpc) is 3.08. The van der Waals surface area contributed by atoms with E-state index in [0.717, 1.165) is 31.1 Å². The molecule has 0 bridgehead atoms. The fraction of sp³-hybridized carbons (Fsp3) is 0.400. The molecule has 5 nitrogen and oxygen atoms in total. The number of hydrogen-bond donors (Lipinski definition) is 1. The Bertz CT molecular complexity index is 750. The smallest absolute Gasteiger partial charge is 0.242 e. The Morgan fingerprint density at radius 3 is 2.96 bits per heavy atom. The molecule has 0 radical (unpaired) electrons. The van der Waals surface area contributed by atoms with Gasteiger partial charge in [0, 0.05) is 31.2 Å². The van der Waals surface area contributed by atoms with Crippen LogP contribution < -0.4 is 9.62 Å². The predicted octanol–water partition coefficient (Wildman–Crippen LogP) is 2.99. The van der Waals surface area contributed by atoms with Gasteiger partial charge in [0.1, 0.15) is 4.90 Å². The average molecular weight is 372 g/mol. The molecule has 1 fully saturated rings. The molecule has 1 saturated heterocycles. The maximum atomic E-state index is 12.4. The molecule has 1 aromatic heterocycles. The number of rotatable bonds is 5. The molecule has 23 heavy (non-hydrogen) atoms. The first-order valence-corrected chi connectivity index (χ1v) is 10.2. The Labute approximate surface area is 145 Å². The molecular weight excluding hydrogens is 354 g/mol. The molecule has 8 heteroatoms. The van der Waals surface area contributed by atoms with Crippen molar-refractivity contribution in [1.29, 1.82) is 0 Å². The lowest BCUT2D eigenvalue weighted by Crippen LogP contribution is -2.41. The Morgan fingerprint density at radius 2 is 2.22 bits per heavy atom. The number of hydrogen-bond acceptors (Lipinski definition) is 5. The second-order valence-corrected chi connectivity index (χ2v) is 8.57. The zero-order valence-corrected chi connectivity index (χ0v) is 14.9. The van der Waals surface area contributed by atoms with Gasteiger partial charge >= 0.3 is 0 Å². The fourth-order valence-corrected chi connectivity index (χ4v) is 5.06. The zero-order valence-electron chi connectivity index (χ0n) is 12.5. The quantitative estimate of drug-likeness (QED) is 0.877. The molecule has 0 aliphatic carbocycles. The van der Waals surface area contributed by atoms with Crippen molar-refractivity contribution in [2.24, 2.45) is 5.92 Å². The Balaban J connectivity index is 1.63. The monoisotopic (exact) mass is 371 g/mol. The number of thiazole rings is 1. The second kappa shape index (κ2) is 7.17. The van der Waals surface area contributed by atoms with Gasteiger partial charge in [-0.1, -0.05) is 23.7 Å². The topological polar surface area (TPSA) is 62.3 Å². The fourth-order valence-electron chi connectivity index (χ4n) is 2.75. The van der Waals surface area contributed by atoms with Crippen molar-refractivity contribution >= 4 is 38.1 Å². The van der Waals surface area contributed by atoms with E-state index in [1.807, 2.05) is 5.38 Å². The summed E-state index contributed by atoms with van der Waals surface area (Å²) >= 11 is 7.60. The third kappa shape index (κ3) is 4.03. The van der Waals surface area contributed by atoms with Crippen LogP contribution in [0.1, 0.15) is 12.8 Å². The van der Waals surface area contributed by atoms with E-state index in [4.69, 9.17) is 11.6 Å². The third-order valence-electron chi connectivity index (χ3n) is 3.90. The lowest BCUT2D eigenvalue weighted by molar-refractivity contribution is 0.410. The number of halogens is 1. The number of nitrogens with zero attached hydrogens (tertiary/aromatic N) is 2. The van der Waals surface area contributed by atoms with Crippen molar-refractivity contribution in [3.63, 3.8) is 0 Å². The van der Waals surface area contributed by atoms with Crippen LogP contribution in [0, 0.1) is 5.92 Å². The minimum atomic E-state index is -3.58. The van der Waals surface area contributed by atoms with Crippen molar-refractivity contribution in [3.05, 3.63) is 40.9 Å². The number of aromatic nitrogens is 1. The minimum Gasteiger partial charge on any atom is -0.348 e. The number of sulfonamides is 1. The van der Waals surface area contributed by atoms with E-state index in [1.165, 1.54) is 6.07 Å². The van der Waals surface area contributed by atoms with Gasteiger partial charge in [-0.05, 0) is 30.9 Å². The minimum absolute atomic E-state index is 0.134. The number of anilines is 1. The van der Waals surface area contributed by atoms with Crippen LogP contribution in [0.4, 0.5) is 5.13 Å². The van der Waals surface area contributed by atoms with E-state index in [9.17, 15) is 8.42 Å². The molecule has 1 aromatic carbocycles. The van der Waals surface area contributed by atoms with E-state index >= 15 is 0 Å². The highest BCUT2D eigenvalue weighted by molar-refractivity contribution is 7.89. The van der Waals surface area contributed by atoms with E-state index in [-0.39, 0.29) is 15.8 Å². The summed E-state index contributed by atoms with van der Waals surface area (Å²) in [5, 5.41) is 3.20. The van der Waals surface area contributed by atoms with Gasteiger partial charge in [0.25, 0.3) is 0 Å². The van der Waals surface area contributed by atoms with Gasteiger partial charge in [0.15, 0.2) is 5.13 Å². The maximum absolute atomic E-state index is 12.4. The van der Waals surface area contributed by atoms with Crippen LogP contribution in [-0.4, -0.2) is 33.0 Å². The molecule has 1 atom stereocenters. The van der Waals surface area contributed by atoms with Crippen molar-refractivity contribution < 1.29 is 8.42 Å². The molecule has 3 rings (SSSR count). The van der Waals surface area contributed by atoms with Crippen LogP contribution in [-0.2, 0) is 10.0 Å². The molecule has 1 aliphatic rings. The molecule has 1 unspecified atom stereocenters. The molecule has 0 saturated carbocycles. The highest BCUT2D eigenvalue weighted by atomic mass is 35.5. The summed E-state index contributed by atoms with van der Waals surface area (Å²) in [6.45, 7) is 2.20. The summed E-state index contributed by atoms with van der Waals surface area (Å²) in [5.74, 6) is 0.268.